The SMILES string of the molecule is CC1(C)CC2CN(/C=N/c3c(C#N)c(-c4ccccc4)c(-c4ccccc4)n3Cc3ccccc3)C(C)(C2)C1. The Hall–Kier alpha value is -4.10. The van der Waals surface area contributed by atoms with Crippen molar-refractivity contribution in [3.63, 3.8) is 0 Å². The third-order valence-corrected chi connectivity index (χ3v) is 8.54. The van der Waals surface area contributed by atoms with Crippen LogP contribution in [-0.4, -0.2) is 27.9 Å². The van der Waals surface area contributed by atoms with E-state index in [1.807, 2.05) is 36.7 Å². The molecule has 3 aromatic carbocycles. The average molecular weight is 513 g/mol. The number of likely N-dealkylation sites (tertiary alicyclic amines) is 1. The van der Waals surface area contributed by atoms with Gasteiger partial charge in [0.05, 0.1) is 12.0 Å². The average Bonchev–Trinajstić information content (AvgIpc) is 3.37. The van der Waals surface area contributed by atoms with E-state index in [0.29, 0.717) is 23.4 Å². The lowest BCUT2D eigenvalue weighted by molar-refractivity contribution is 0.121. The lowest BCUT2D eigenvalue weighted by Crippen LogP contribution is -2.44. The molecule has 4 aromatic rings. The number of aliphatic imine (C=N–C) groups is 1. The summed E-state index contributed by atoms with van der Waals surface area (Å²) >= 11 is 0. The molecule has 4 heteroatoms. The van der Waals surface area contributed by atoms with E-state index in [1.165, 1.54) is 18.4 Å². The van der Waals surface area contributed by atoms with Gasteiger partial charge in [-0.15, -0.1) is 0 Å². The van der Waals surface area contributed by atoms with Gasteiger partial charge < -0.3 is 9.47 Å². The van der Waals surface area contributed by atoms with Crippen LogP contribution in [0.2, 0.25) is 0 Å². The van der Waals surface area contributed by atoms with Crippen molar-refractivity contribution in [3.8, 4) is 28.5 Å². The molecule has 0 N–H and O–H groups in total. The highest BCUT2D eigenvalue weighted by Crippen LogP contribution is 2.51. The van der Waals surface area contributed by atoms with Crippen LogP contribution in [0, 0.1) is 22.7 Å². The van der Waals surface area contributed by atoms with Gasteiger partial charge in [-0.1, -0.05) is 105 Å². The molecule has 6 rings (SSSR count). The molecule has 2 fully saturated rings. The highest BCUT2D eigenvalue weighted by atomic mass is 15.3. The first-order chi connectivity index (χ1) is 18.9. The summed E-state index contributed by atoms with van der Waals surface area (Å²) in [7, 11) is 0. The Morgan fingerprint density at radius 2 is 1.49 bits per heavy atom. The number of rotatable bonds is 6. The van der Waals surface area contributed by atoms with Crippen molar-refractivity contribution in [2.24, 2.45) is 16.3 Å². The molecule has 1 aliphatic heterocycles. The van der Waals surface area contributed by atoms with E-state index < -0.39 is 0 Å². The molecule has 39 heavy (non-hydrogen) atoms. The van der Waals surface area contributed by atoms with Crippen LogP contribution < -0.4 is 0 Å². The van der Waals surface area contributed by atoms with Gasteiger partial charge in [0.25, 0.3) is 0 Å². The molecule has 1 aliphatic carbocycles. The fourth-order valence-electron chi connectivity index (χ4n) is 7.36. The Morgan fingerprint density at radius 1 is 0.872 bits per heavy atom. The smallest absolute Gasteiger partial charge is 0.153 e. The lowest BCUT2D eigenvalue weighted by Gasteiger charge is -2.42. The molecule has 0 spiro atoms. The van der Waals surface area contributed by atoms with Gasteiger partial charge >= 0.3 is 0 Å². The maximum Gasteiger partial charge on any atom is 0.153 e. The largest absolute Gasteiger partial charge is 0.357 e. The zero-order valence-corrected chi connectivity index (χ0v) is 23.1. The number of hydrogen-bond acceptors (Lipinski definition) is 2. The van der Waals surface area contributed by atoms with Crippen LogP contribution in [0.15, 0.2) is 96.0 Å². The molecule has 1 saturated heterocycles. The molecule has 1 aromatic heterocycles. The van der Waals surface area contributed by atoms with Crippen molar-refractivity contribution in [3.05, 3.63) is 102 Å². The van der Waals surface area contributed by atoms with E-state index >= 15 is 0 Å². The van der Waals surface area contributed by atoms with Gasteiger partial charge in [0.1, 0.15) is 11.6 Å². The summed E-state index contributed by atoms with van der Waals surface area (Å²) in [5.74, 6) is 1.42. The molecule has 2 unspecified atom stereocenters. The Bertz CT molecular complexity index is 1530. The summed E-state index contributed by atoms with van der Waals surface area (Å²) in [5.41, 5.74) is 6.33. The Labute approximate surface area is 232 Å². The second-order valence-corrected chi connectivity index (χ2v) is 12.3. The minimum atomic E-state index is 0.101. The van der Waals surface area contributed by atoms with Crippen LogP contribution in [0.4, 0.5) is 5.82 Å². The molecule has 196 valence electrons. The molecule has 0 radical (unpaired) electrons. The molecule has 2 aliphatic rings. The quantitative estimate of drug-likeness (QED) is 0.193. The minimum Gasteiger partial charge on any atom is -0.357 e. The zero-order chi connectivity index (χ0) is 27.0. The van der Waals surface area contributed by atoms with Crippen molar-refractivity contribution in [1.82, 2.24) is 9.47 Å². The predicted octanol–water partition coefficient (Wildman–Crippen LogP) is 8.30. The second-order valence-electron chi connectivity index (χ2n) is 12.3. The standard InChI is InChI=1S/C35H36N4/c1-34(2)19-27-20-35(3,24-34)38(22-27)25-37-33-30(21-36)31(28-15-9-5-10-16-28)32(29-17-11-6-12-18-29)39(33)23-26-13-7-4-8-14-26/h4-18,25,27H,19-20,22-24H2,1-3H3/b37-25+. The normalized spacial score (nSPS) is 21.8. The summed E-state index contributed by atoms with van der Waals surface area (Å²) < 4.78 is 2.25. The summed E-state index contributed by atoms with van der Waals surface area (Å²) in [6.07, 6.45) is 5.67. The first-order valence-electron chi connectivity index (χ1n) is 14.0. The van der Waals surface area contributed by atoms with E-state index in [2.05, 4.69) is 97.0 Å². The predicted molar refractivity (Wildman–Crippen MR) is 160 cm³/mol. The number of nitrogens with zero attached hydrogens (tertiary/aromatic N) is 4. The Balaban J connectivity index is 1.55. The van der Waals surface area contributed by atoms with Crippen molar-refractivity contribution in [2.45, 2.75) is 52.1 Å². The maximum absolute atomic E-state index is 10.6. The summed E-state index contributed by atoms with van der Waals surface area (Å²) in [5, 5.41) is 10.6. The molecule has 2 heterocycles. The van der Waals surface area contributed by atoms with Crippen molar-refractivity contribution in [1.29, 1.82) is 5.26 Å². The van der Waals surface area contributed by atoms with Crippen LogP contribution in [0.1, 0.15) is 51.2 Å². The van der Waals surface area contributed by atoms with Crippen LogP contribution in [-0.2, 0) is 6.54 Å². The van der Waals surface area contributed by atoms with Crippen LogP contribution in [0.25, 0.3) is 22.4 Å². The molecule has 2 atom stereocenters. The van der Waals surface area contributed by atoms with Crippen molar-refractivity contribution >= 4 is 12.2 Å². The van der Waals surface area contributed by atoms with Gasteiger partial charge in [-0.3, -0.25) is 0 Å². The minimum absolute atomic E-state index is 0.101. The molecular weight excluding hydrogens is 476 g/mol. The Morgan fingerprint density at radius 3 is 2.13 bits per heavy atom. The summed E-state index contributed by atoms with van der Waals surface area (Å²) in [6, 6.07) is 33.7. The van der Waals surface area contributed by atoms with Gasteiger partial charge in [0.2, 0.25) is 0 Å². The van der Waals surface area contributed by atoms with Crippen LogP contribution in [0.5, 0.6) is 0 Å². The molecular formula is C35H36N4. The van der Waals surface area contributed by atoms with E-state index in [0.717, 1.165) is 41.2 Å². The van der Waals surface area contributed by atoms with E-state index in [1.54, 1.807) is 0 Å². The topological polar surface area (TPSA) is 44.3 Å². The highest BCUT2D eigenvalue weighted by Gasteiger charge is 2.49. The van der Waals surface area contributed by atoms with E-state index in [-0.39, 0.29) is 5.54 Å². The van der Waals surface area contributed by atoms with Gasteiger partial charge in [0.15, 0.2) is 5.82 Å². The first-order valence-corrected chi connectivity index (χ1v) is 14.0. The number of benzene rings is 3. The number of aromatic nitrogens is 1. The number of hydrogen-bond donors (Lipinski definition) is 0. The summed E-state index contributed by atoms with van der Waals surface area (Å²) in [6.45, 7) is 8.84. The third-order valence-electron chi connectivity index (χ3n) is 8.54. The highest BCUT2D eigenvalue weighted by molar-refractivity contribution is 5.91. The van der Waals surface area contributed by atoms with Gasteiger partial charge in [-0.25, -0.2) is 4.99 Å². The molecule has 1 saturated carbocycles. The van der Waals surface area contributed by atoms with Crippen LogP contribution >= 0.6 is 0 Å². The second kappa shape index (κ2) is 9.89. The maximum atomic E-state index is 10.6. The summed E-state index contributed by atoms with van der Waals surface area (Å²) in [4.78, 5) is 7.64. The van der Waals surface area contributed by atoms with Crippen LogP contribution in [0.3, 0.4) is 0 Å². The number of nitriles is 1. The van der Waals surface area contributed by atoms with E-state index in [9.17, 15) is 5.26 Å². The van der Waals surface area contributed by atoms with Gasteiger partial charge in [-0.2, -0.15) is 5.26 Å². The molecule has 4 nitrogen and oxygen atoms in total. The fourth-order valence-corrected chi connectivity index (χ4v) is 7.36. The van der Waals surface area contributed by atoms with Gasteiger partial charge in [0, 0.05) is 24.2 Å². The van der Waals surface area contributed by atoms with Crippen molar-refractivity contribution in [2.75, 3.05) is 6.54 Å². The van der Waals surface area contributed by atoms with Crippen molar-refractivity contribution < 1.29 is 0 Å². The molecule has 0 amide bonds. The van der Waals surface area contributed by atoms with E-state index in [4.69, 9.17) is 4.99 Å². The zero-order valence-electron chi connectivity index (χ0n) is 23.1. The molecule has 2 bridgehead atoms. The van der Waals surface area contributed by atoms with Gasteiger partial charge in [-0.05, 0) is 54.2 Å². The Kier molecular flexibility index (Phi) is 6.39. The first kappa shape index (κ1) is 25.2. The third kappa shape index (κ3) is 4.79. The number of fused-ring (bicyclic) bond motifs is 2. The fraction of sp³-hybridized carbons (Fsp3) is 0.314. The lowest BCUT2D eigenvalue weighted by atomic mass is 9.67. The monoisotopic (exact) mass is 512 g/mol.